The molecule has 5 nitrogen and oxygen atoms in total. The number of halogens is 1. The number of hydrogen-bond acceptors (Lipinski definition) is 3. The molecule has 0 atom stereocenters. The Morgan fingerprint density at radius 3 is 2.58 bits per heavy atom. The first-order valence-corrected chi connectivity index (χ1v) is 9.32. The number of nitrogens with one attached hydrogen (secondary N) is 1. The largest absolute Gasteiger partial charge is 0.315 e. The zero-order valence-electron chi connectivity index (χ0n) is 13.3. The summed E-state index contributed by atoms with van der Waals surface area (Å²) in [6.07, 6.45) is 0.929. The predicted molar refractivity (Wildman–Crippen MR) is 95.2 cm³/mol. The average Bonchev–Trinajstić information content (AvgIpc) is 2.53. The van der Waals surface area contributed by atoms with Gasteiger partial charge >= 0.3 is 0 Å². The lowest BCUT2D eigenvalue weighted by Crippen LogP contribution is -2.31. The van der Waals surface area contributed by atoms with Gasteiger partial charge in [0.2, 0.25) is 5.91 Å². The van der Waals surface area contributed by atoms with Gasteiger partial charge in [0.1, 0.15) is 0 Å². The number of carbonyl (C=O) groups excluding carboxylic acids is 1. The number of amides is 1. The van der Waals surface area contributed by atoms with Crippen LogP contribution < -0.4 is 9.62 Å². The van der Waals surface area contributed by atoms with E-state index in [2.05, 4.69) is 4.72 Å². The van der Waals surface area contributed by atoms with Crippen LogP contribution in [0.1, 0.15) is 17.5 Å². The van der Waals surface area contributed by atoms with E-state index in [1.165, 1.54) is 6.07 Å². The Balaban J connectivity index is 1.94. The fourth-order valence-electron chi connectivity index (χ4n) is 2.75. The maximum atomic E-state index is 12.6. The highest BCUT2D eigenvalue weighted by molar-refractivity contribution is 7.92. The van der Waals surface area contributed by atoms with Gasteiger partial charge in [-0.2, -0.15) is 0 Å². The normalized spacial score (nSPS) is 14.5. The van der Waals surface area contributed by atoms with Crippen molar-refractivity contribution in [2.45, 2.75) is 24.7 Å². The van der Waals surface area contributed by atoms with E-state index in [1.807, 2.05) is 0 Å². The Morgan fingerprint density at radius 2 is 1.88 bits per heavy atom. The van der Waals surface area contributed by atoms with E-state index >= 15 is 0 Å². The van der Waals surface area contributed by atoms with Gasteiger partial charge in [-0.3, -0.25) is 9.52 Å². The number of anilines is 2. The second-order valence-electron chi connectivity index (χ2n) is 5.81. The molecule has 3 rings (SSSR count). The zero-order valence-corrected chi connectivity index (χ0v) is 14.9. The van der Waals surface area contributed by atoms with Gasteiger partial charge in [0.25, 0.3) is 10.0 Å². The molecule has 0 radical (unpaired) electrons. The molecule has 2 aromatic carbocycles. The van der Waals surface area contributed by atoms with Gasteiger partial charge < -0.3 is 4.90 Å². The van der Waals surface area contributed by atoms with Gasteiger partial charge in [0.05, 0.1) is 10.6 Å². The monoisotopic (exact) mass is 364 g/mol. The van der Waals surface area contributed by atoms with E-state index in [0.29, 0.717) is 23.6 Å². The maximum absolute atomic E-state index is 12.6. The number of aryl methyl sites for hydroxylation is 2. The number of nitrogens with zero attached hydrogens (tertiary/aromatic N) is 1. The first-order valence-electron chi connectivity index (χ1n) is 7.46. The molecular weight excluding hydrogens is 348 g/mol. The van der Waals surface area contributed by atoms with Crippen molar-refractivity contribution >= 4 is 38.9 Å². The van der Waals surface area contributed by atoms with Crippen LogP contribution in [0.2, 0.25) is 5.02 Å². The van der Waals surface area contributed by atoms with Gasteiger partial charge in [-0.25, -0.2) is 8.42 Å². The highest BCUT2D eigenvalue weighted by Gasteiger charge is 2.23. The van der Waals surface area contributed by atoms with Gasteiger partial charge in [-0.1, -0.05) is 11.6 Å². The Bertz CT molecular complexity index is 925. The standard InChI is InChI=1S/C17H17ClN2O3S/c1-11-9-13(18)4-6-15(11)19-24(22,23)14-5-7-16-12(10-14)3-8-17(21)20(16)2/h4-7,9-10,19H,3,8H2,1-2H3. The molecule has 0 aliphatic carbocycles. The smallest absolute Gasteiger partial charge is 0.261 e. The number of fused-ring (bicyclic) bond motifs is 1. The summed E-state index contributed by atoms with van der Waals surface area (Å²) in [5.41, 5.74) is 2.85. The molecule has 0 spiro atoms. The summed E-state index contributed by atoms with van der Waals surface area (Å²) < 4.78 is 27.9. The third-order valence-electron chi connectivity index (χ3n) is 4.14. The van der Waals surface area contributed by atoms with Crippen molar-refractivity contribution < 1.29 is 13.2 Å². The van der Waals surface area contributed by atoms with Crippen molar-refractivity contribution in [2.24, 2.45) is 0 Å². The van der Waals surface area contributed by atoms with Gasteiger partial charge in [0, 0.05) is 24.2 Å². The van der Waals surface area contributed by atoms with Gasteiger partial charge in [-0.05, 0) is 60.9 Å². The number of sulfonamides is 1. The Hall–Kier alpha value is -2.05. The van der Waals surface area contributed by atoms with E-state index in [-0.39, 0.29) is 10.8 Å². The van der Waals surface area contributed by atoms with Crippen LogP contribution in [0.5, 0.6) is 0 Å². The van der Waals surface area contributed by atoms with Crippen molar-refractivity contribution in [1.82, 2.24) is 0 Å². The van der Waals surface area contributed by atoms with Crippen LogP contribution >= 0.6 is 11.6 Å². The van der Waals surface area contributed by atoms with Crippen LogP contribution in [0.4, 0.5) is 11.4 Å². The van der Waals surface area contributed by atoms with E-state index in [9.17, 15) is 13.2 Å². The lowest BCUT2D eigenvalue weighted by molar-refractivity contribution is -0.118. The quantitative estimate of drug-likeness (QED) is 0.908. The van der Waals surface area contributed by atoms with Crippen LogP contribution in [-0.4, -0.2) is 21.4 Å². The lowest BCUT2D eigenvalue weighted by atomic mass is 10.0. The molecule has 0 saturated carbocycles. The topological polar surface area (TPSA) is 66.5 Å². The third kappa shape index (κ3) is 3.12. The summed E-state index contributed by atoms with van der Waals surface area (Å²) in [4.78, 5) is 13.5. The molecule has 1 heterocycles. The minimum atomic E-state index is -3.71. The molecule has 1 aliphatic rings. The molecular formula is C17H17ClN2O3S. The molecule has 0 fully saturated rings. The third-order valence-corrected chi connectivity index (χ3v) is 5.74. The molecule has 0 saturated heterocycles. The van der Waals surface area contributed by atoms with Crippen LogP contribution in [0, 0.1) is 6.92 Å². The van der Waals surface area contributed by atoms with E-state index in [4.69, 9.17) is 11.6 Å². The van der Waals surface area contributed by atoms with Crippen molar-refractivity contribution in [2.75, 3.05) is 16.7 Å². The molecule has 1 aliphatic heterocycles. The highest BCUT2D eigenvalue weighted by atomic mass is 35.5. The molecule has 7 heteroatoms. The summed E-state index contributed by atoms with van der Waals surface area (Å²) in [5.74, 6) is 0.0352. The van der Waals surface area contributed by atoms with Crippen LogP contribution in [0.3, 0.4) is 0 Å². The lowest BCUT2D eigenvalue weighted by Gasteiger charge is -2.26. The molecule has 1 amide bonds. The molecule has 24 heavy (non-hydrogen) atoms. The first kappa shape index (κ1) is 16.8. The zero-order chi connectivity index (χ0) is 17.5. The molecule has 0 bridgehead atoms. The second kappa shape index (κ2) is 6.11. The Labute approximate surface area is 146 Å². The van der Waals surface area contributed by atoms with Crippen molar-refractivity contribution in [3.05, 3.63) is 52.5 Å². The number of carbonyl (C=O) groups is 1. The molecule has 0 aromatic heterocycles. The van der Waals surface area contributed by atoms with Gasteiger partial charge in [-0.15, -0.1) is 0 Å². The Morgan fingerprint density at radius 1 is 1.12 bits per heavy atom. The van der Waals surface area contributed by atoms with E-state index < -0.39 is 10.0 Å². The summed E-state index contributed by atoms with van der Waals surface area (Å²) in [6, 6.07) is 9.80. The summed E-state index contributed by atoms with van der Waals surface area (Å²) in [5, 5.41) is 0.553. The molecule has 0 unspecified atom stereocenters. The number of benzene rings is 2. The van der Waals surface area contributed by atoms with E-state index in [1.54, 1.807) is 49.2 Å². The van der Waals surface area contributed by atoms with Crippen molar-refractivity contribution in [3.8, 4) is 0 Å². The van der Waals surface area contributed by atoms with Crippen LogP contribution in [0.15, 0.2) is 41.3 Å². The summed E-state index contributed by atoms with van der Waals surface area (Å²) in [6.45, 7) is 1.79. The second-order valence-corrected chi connectivity index (χ2v) is 7.93. The summed E-state index contributed by atoms with van der Waals surface area (Å²) >= 11 is 5.90. The Kier molecular flexibility index (Phi) is 4.27. The molecule has 126 valence electrons. The average molecular weight is 365 g/mol. The molecule has 1 N–H and O–H groups in total. The number of hydrogen-bond donors (Lipinski definition) is 1. The van der Waals surface area contributed by atoms with Crippen molar-refractivity contribution in [3.63, 3.8) is 0 Å². The fraction of sp³-hybridized carbons (Fsp3) is 0.235. The van der Waals surface area contributed by atoms with E-state index in [0.717, 1.165) is 16.8 Å². The maximum Gasteiger partial charge on any atom is 0.261 e. The van der Waals surface area contributed by atoms with Crippen LogP contribution in [-0.2, 0) is 21.2 Å². The van der Waals surface area contributed by atoms with Crippen LogP contribution in [0.25, 0.3) is 0 Å². The van der Waals surface area contributed by atoms with Crippen molar-refractivity contribution in [1.29, 1.82) is 0 Å². The summed E-state index contributed by atoms with van der Waals surface area (Å²) in [7, 11) is -2.01. The minimum Gasteiger partial charge on any atom is -0.315 e. The highest BCUT2D eigenvalue weighted by Crippen LogP contribution is 2.30. The first-order chi connectivity index (χ1) is 11.3. The minimum absolute atomic E-state index is 0.0352. The molecule has 2 aromatic rings. The SMILES string of the molecule is Cc1cc(Cl)ccc1NS(=O)(=O)c1ccc2c(c1)CCC(=O)N2C. The fourth-order valence-corrected chi connectivity index (χ4v) is 4.15. The number of rotatable bonds is 3. The van der Waals surface area contributed by atoms with Gasteiger partial charge in [0.15, 0.2) is 0 Å². The predicted octanol–water partition coefficient (Wildman–Crippen LogP) is 3.36.